The maximum absolute atomic E-state index is 12.2. The SMILES string of the molecule is CC(C)CNS(=O)(=O)NC1(C(N)=S)CCCCCCC1. The van der Waals surface area contributed by atoms with Crippen molar-refractivity contribution in [3.8, 4) is 0 Å². The molecule has 0 aromatic heterocycles. The van der Waals surface area contributed by atoms with Crippen LogP contribution in [0.5, 0.6) is 0 Å². The lowest BCUT2D eigenvalue weighted by molar-refractivity contribution is 0.369. The molecule has 0 aliphatic heterocycles. The van der Waals surface area contributed by atoms with Gasteiger partial charge >= 0.3 is 0 Å². The molecule has 0 aromatic carbocycles. The summed E-state index contributed by atoms with van der Waals surface area (Å²) in [7, 11) is -3.58. The maximum Gasteiger partial charge on any atom is 0.277 e. The predicted molar refractivity (Wildman–Crippen MR) is 86.7 cm³/mol. The second-order valence-electron chi connectivity index (χ2n) is 6.06. The Morgan fingerprint density at radius 1 is 1.20 bits per heavy atom. The van der Waals surface area contributed by atoms with E-state index in [1.165, 1.54) is 6.42 Å². The van der Waals surface area contributed by atoms with Gasteiger partial charge in [-0.15, -0.1) is 0 Å². The lowest BCUT2D eigenvalue weighted by atomic mass is 9.85. The molecule has 0 unspecified atom stereocenters. The highest BCUT2D eigenvalue weighted by Crippen LogP contribution is 2.27. The molecule has 0 bridgehead atoms. The third-order valence-corrected chi connectivity index (χ3v) is 5.29. The zero-order valence-electron chi connectivity index (χ0n) is 12.4. The van der Waals surface area contributed by atoms with Gasteiger partial charge in [0.15, 0.2) is 0 Å². The van der Waals surface area contributed by atoms with Gasteiger partial charge in [-0.2, -0.15) is 13.1 Å². The van der Waals surface area contributed by atoms with Crippen LogP contribution in [0.25, 0.3) is 0 Å². The Kier molecular flexibility index (Phi) is 6.84. The van der Waals surface area contributed by atoms with Crippen LogP contribution in [0.3, 0.4) is 0 Å². The Labute approximate surface area is 128 Å². The molecule has 1 aliphatic rings. The third-order valence-electron chi connectivity index (χ3n) is 3.69. The van der Waals surface area contributed by atoms with Crippen molar-refractivity contribution in [1.29, 1.82) is 0 Å². The monoisotopic (exact) mass is 321 g/mol. The molecule has 1 saturated carbocycles. The number of nitrogens with one attached hydrogen (secondary N) is 2. The highest BCUT2D eigenvalue weighted by molar-refractivity contribution is 7.87. The normalized spacial score (nSPS) is 20.4. The summed E-state index contributed by atoms with van der Waals surface area (Å²) >= 11 is 5.16. The van der Waals surface area contributed by atoms with Crippen LogP contribution in [0.15, 0.2) is 0 Å². The molecule has 0 saturated heterocycles. The Balaban J connectivity index is 2.81. The molecule has 0 heterocycles. The van der Waals surface area contributed by atoms with Crippen LogP contribution in [0.2, 0.25) is 0 Å². The molecule has 0 atom stereocenters. The van der Waals surface area contributed by atoms with Crippen LogP contribution in [-0.4, -0.2) is 25.5 Å². The summed E-state index contributed by atoms with van der Waals surface area (Å²) in [6.07, 6.45) is 6.67. The van der Waals surface area contributed by atoms with Gasteiger partial charge in [0.1, 0.15) is 0 Å². The topological polar surface area (TPSA) is 84.2 Å². The summed E-state index contributed by atoms with van der Waals surface area (Å²) in [6, 6.07) is 0. The second kappa shape index (κ2) is 7.68. The molecule has 0 amide bonds. The highest BCUT2D eigenvalue weighted by Gasteiger charge is 2.37. The molecule has 1 rings (SSSR count). The first-order chi connectivity index (χ1) is 9.27. The van der Waals surface area contributed by atoms with Gasteiger partial charge in [0, 0.05) is 6.54 Å². The molecular formula is C13H27N3O2S2. The zero-order valence-corrected chi connectivity index (χ0v) is 14.1. The Morgan fingerprint density at radius 3 is 2.15 bits per heavy atom. The van der Waals surface area contributed by atoms with E-state index in [2.05, 4.69) is 9.44 Å². The van der Waals surface area contributed by atoms with Crippen molar-refractivity contribution in [2.24, 2.45) is 11.7 Å². The van der Waals surface area contributed by atoms with Crippen molar-refractivity contribution >= 4 is 27.4 Å². The van der Waals surface area contributed by atoms with Crippen molar-refractivity contribution in [3.05, 3.63) is 0 Å². The van der Waals surface area contributed by atoms with Gasteiger partial charge < -0.3 is 5.73 Å². The van der Waals surface area contributed by atoms with Crippen LogP contribution in [-0.2, 0) is 10.2 Å². The summed E-state index contributed by atoms with van der Waals surface area (Å²) < 4.78 is 29.6. The van der Waals surface area contributed by atoms with E-state index >= 15 is 0 Å². The first-order valence-electron chi connectivity index (χ1n) is 7.36. The number of nitrogens with two attached hydrogens (primary N) is 1. The smallest absolute Gasteiger partial charge is 0.277 e. The Morgan fingerprint density at radius 2 is 1.70 bits per heavy atom. The summed E-state index contributed by atoms with van der Waals surface area (Å²) in [5.41, 5.74) is 5.10. The summed E-state index contributed by atoms with van der Waals surface area (Å²) in [5, 5.41) is 0. The van der Waals surface area contributed by atoms with Crippen molar-refractivity contribution in [3.63, 3.8) is 0 Å². The predicted octanol–water partition coefficient (Wildman–Crippen LogP) is 1.84. The number of hydrogen-bond donors (Lipinski definition) is 3. The van der Waals surface area contributed by atoms with E-state index < -0.39 is 15.7 Å². The molecule has 0 spiro atoms. The lowest BCUT2D eigenvalue weighted by Crippen LogP contribution is -2.59. The average molecular weight is 322 g/mol. The standard InChI is InChI=1S/C13H27N3O2S2/c1-11(2)10-15-20(17,18)16-13(12(14)19)8-6-4-3-5-7-9-13/h11,15-16H,3-10H2,1-2H3,(H2,14,19). The van der Waals surface area contributed by atoms with Crippen LogP contribution in [0.4, 0.5) is 0 Å². The van der Waals surface area contributed by atoms with Gasteiger partial charge in [-0.3, -0.25) is 0 Å². The number of hydrogen-bond acceptors (Lipinski definition) is 3. The average Bonchev–Trinajstić information content (AvgIpc) is 2.30. The van der Waals surface area contributed by atoms with Crippen molar-refractivity contribution < 1.29 is 8.42 Å². The summed E-state index contributed by atoms with van der Waals surface area (Å²) in [6.45, 7) is 4.33. The fourth-order valence-electron chi connectivity index (χ4n) is 2.48. The van der Waals surface area contributed by atoms with Crippen molar-refractivity contribution in [2.75, 3.05) is 6.54 Å². The van der Waals surface area contributed by atoms with E-state index in [1.807, 2.05) is 13.8 Å². The first-order valence-corrected chi connectivity index (χ1v) is 9.25. The van der Waals surface area contributed by atoms with Crippen LogP contribution >= 0.6 is 12.2 Å². The molecule has 4 N–H and O–H groups in total. The van der Waals surface area contributed by atoms with Gasteiger partial charge in [0.05, 0.1) is 10.5 Å². The quantitative estimate of drug-likeness (QED) is 0.652. The van der Waals surface area contributed by atoms with E-state index in [9.17, 15) is 8.42 Å². The molecule has 0 radical (unpaired) electrons. The van der Waals surface area contributed by atoms with Gasteiger partial charge in [-0.05, 0) is 18.8 Å². The minimum absolute atomic E-state index is 0.254. The van der Waals surface area contributed by atoms with E-state index in [4.69, 9.17) is 18.0 Å². The molecule has 1 aliphatic carbocycles. The van der Waals surface area contributed by atoms with Crippen molar-refractivity contribution in [2.45, 2.75) is 64.3 Å². The molecule has 118 valence electrons. The van der Waals surface area contributed by atoms with Gasteiger partial charge in [0.25, 0.3) is 10.2 Å². The van der Waals surface area contributed by atoms with Gasteiger partial charge in [0.2, 0.25) is 0 Å². The molecule has 7 heteroatoms. The first kappa shape index (κ1) is 17.8. The number of rotatable bonds is 6. The summed E-state index contributed by atoms with van der Waals surface area (Å²) in [4.78, 5) is 0.259. The van der Waals surface area contributed by atoms with E-state index in [0.29, 0.717) is 19.4 Å². The van der Waals surface area contributed by atoms with Crippen LogP contribution in [0, 0.1) is 5.92 Å². The van der Waals surface area contributed by atoms with Gasteiger partial charge in [-0.1, -0.05) is 58.2 Å². The van der Waals surface area contributed by atoms with Crippen LogP contribution < -0.4 is 15.2 Å². The molecule has 5 nitrogen and oxygen atoms in total. The minimum Gasteiger partial charge on any atom is -0.392 e. The van der Waals surface area contributed by atoms with E-state index in [1.54, 1.807) is 0 Å². The van der Waals surface area contributed by atoms with Crippen molar-refractivity contribution in [1.82, 2.24) is 9.44 Å². The minimum atomic E-state index is -3.58. The largest absolute Gasteiger partial charge is 0.392 e. The van der Waals surface area contributed by atoms with E-state index in [0.717, 1.165) is 25.7 Å². The number of thiocarbonyl (C=S) groups is 1. The highest BCUT2D eigenvalue weighted by atomic mass is 32.2. The lowest BCUT2D eigenvalue weighted by Gasteiger charge is -2.35. The zero-order chi connectivity index (χ0) is 15.2. The molecule has 1 fully saturated rings. The fraction of sp³-hybridized carbons (Fsp3) is 0.923. The third kappa shape index (κ3) is 5.63. The maximum atomic E-state index is 12.2. The van der Waals surface area contributed by atoms with Crippen LogP contribution in [0.1, 0.15) is 58.8 Å². The molecule has 20 heavy (non-hydrogen) atoms. The fourth-order valence-corrected chi connectivity index (χ4v) is 4.25. The summed E-state index contributed by atoms with van der Waals surface area (Å²) in [5.74, 6) is 0.254. The Bertz CT molecular complexity index is 413. The molecule has 0 aromatic rings. The van der Waals surface area contributed by atoms with E-state index in [-0.39, 0.29) is 10.9 Å². The van der Waals surface area contributed by atoms with Gasteiger partial charge in [-0.25, -0.2) is 4.72 Å². The molecular weight excluding hydrogens is 294 g/mol. The second-order valence-corrected chi connectivity index (χ2v) is 8.00. The Hall–Kier alpha value is -0.240.